The van der Waals surface area contributed by atoms with Gasteiger partial charge in [0.15, 0.2) is 0 Å². The van der Waals surface area contributed by atoms with Crippen LogP contribution in [0.25, 0.3) is 11.4 Å². The monoisotopic (exact) mass is 435 g/mol. The van der Waals surface area contributed by atoms with Crippen molar-refractivity contribution < 1.29 is 27.2 Å². The van der Waals surface area contributed by atoms with Crippen molar-refractivity contribution in [1.29, 1.82) is 0 Å². The van der Waals surface area contributed by atoms with Gasteiger partial charge in [0.05, 0.1) is 5.92 Å². The fourth-order valence-corrected chi connectivity index (χ4v) is 3.68. The number of rotatable bonds is 5. The van der Waals surface area contributed by atoms with Crippen LogP contribution in [0.2, 0.25) is 0 Å². The first kappa shape index (κ1) is 20.3. The van der Waals surface area contributed by atoms with Crippen LogP contribution >= 0.6 is 11.8 Å². The molecule has 1 fully saturated rings. The maximum Gasteiger partial charge on any atom is 0.573 e. The van der Waals surface area contributed by atoms with Gasteiger partial charge in [-0.25, -0.2) is 0 Å². The molecule has 3 aromatic rings. The minimum atomic E-state index is -4.75. The fraction of sp³-hybridized carbons (Fsp3) is 0.250. The SMILES string of the molecule is CSc1cccc(N2CC(c3nc(-c4ccc(OC(F)(F)F)cc4)no3)CC2=O)c1. The summed E-state index contributed by atoms with van der Waals surface area (Å²) < 4.78 is 46.0. The number of amides is 1. The molecule has 4 rings (SSSR count). The van der Waals surface area contributed by atoms with Crippen LogP contribution in [0.15, 0.2) is 57.9 Å². The number of aromatic nitrogens is 2. The minimum absolute atomic E-state index is 0.0355. The Morgan fingerprint density at radius 2 is 1.97 bits per heavy atom. The highest BCUT2D eigenvalue weighted by molar-refractivity contribution is 7.98. The lowest BCUT2D eigenvalue weighted by Crippen LogP contribution is -2.24. The van der Waals surface area contributed by atoms with Gasteiger partial charge in [0.2, 0.25) is 17.6 Å². The van der Waals surface area contributed by atoms with Crippen LogP contribution in [-0.4, -0.2) is 35.2 Å². The Morgan fingerprint density at radius 3 is 2.67 bits per heavy atom. The molecule has 2 aromatic carbocycles. The van der Waals surface area contributed by atoms with Crippen LogP contribution < -0.4 is 9.64 Å². The van der Waals surface area contributed by atoms with Crippen molar-refractivity contribution in [2.45, 2.75) is 23.6 Å². The normalized spacial score (nSPS) is 16.9. The molecule has 0 bridgehead atoms. The first-order chi connectivity index (χ1) is 14.3. The van der Waals surface area contributed by atoms with E-state index in [1.54, 1.807) is 16.7 Å². The van der Waals surface area contributed by atoms with Crippen LogP contribution in [0.1, 0.15) is 18.2 Å². The number of carbonyl (C=O) groups is 1. The zero-order valence-corrected chi connectivity index (χ0v) is 16.5. The predicted molar refractivity (Wildman–Crippen MR) is 104 cm³/mol. The van der Waals surface area contributed by atoms with E-state index in [1.165, 1.54) is 24.3 Å². The van der Waals surface area contributed by atoms with Crippen molar-refractivity contribution in [2.24, 2.45) is 0 Å². The molecule has 1 unspecified atom stereocenters. The maximum absolute atomic E-state index is 12.5. The molecule has 0 radical (unpaired) electrons. The van der Waals surface area contributed by atoms with Gasteiger partial charge in [-0.1, -0.05) is 11.2 Å². The Labute approximate surface area is 174 Å². The number of thioether (sulfide) groups is 1. The third-order valence-corrected chi connectivity index (χ3v) is 5.35. The molecule has 10 heteroatoms. The number of ether oxygens (including phenoxy) is 1. The Kier molecular flexibility index (Phi) is 5.42. The lowest BCUT2D eigenvalue weighted by molar-refractivity contribution is -0.274. The number of hydrogen-bond donors (Lipinski definition) is 0. The first-order valence-electron chi connectivity index (χ1n) is 8.96. The molecule has 0 N–H and O–H groups in total. The topological polar surface area (TPSA) is 68.5 Å². The zero-order valence-electron chi connectivity index (χ0n) is 15.7. The van der Waals surface area contributed by atoms with Crippen molar-refractivity contribution in [3.63, 3.8) is 0 Å². The van der Waals surface area contributed by atoms with Crippen LogP contribution in [0.4, 0.5) is 18.9 Å². The van der Waals surface area contributed by atoms with Crippen molar-refractivity contribution in [3.05, 3.63) is 54.4 Å². The molecule has 2 heterocycles. The van der Waals surface area contributed by atoms with E-state index in [2.05, 4.69) is 14.9 Å². The Hall–Kier alpha value is -3.01. The molecule has 1 saturated heterocycles. The molecular formula is C20H16F3N3O3S. The highest BCUT2D eigenvalue weighted by atomic mass is 32.2. The summed E-state index contributed by atoms with van der Waals surface area (Å²) in [6.45, 7) is 0.413. The summed E-state index contributed by atoms with van der Waals surface area (Å²) in [5, 5.41) is 3.90. The summed E-state index contributed by atoms with van der Waals surface area (Å²) >= 11 is 1.59. The van der Waals surface area contributed by atoms with Gasteiger partial charge in [-0.15, -0.1) is 24.9 Å². The Bertz CT molecular complexity index is 1050. The van der Waals surface area contributed by atoms with Crippen molar-refractivity contribution in [2.75, 3.05) is 17.7 Å². The second-order valence-electron chi connectivity index (χ2n) is 6.64. The number of anilines is 1. The molecule has 0 saturated carbocycles. The largest absolute Gasteiger partial charge is 0.573 e. The second kappa shape index (κ2) is 8.02. The third kappa shape index (κ3) is 4.43. The van der Waals surface area contributed by atoms with E-state index < -0.39 is 6.36 Å². The molecule has 1 amide bonds. The van der Waals surface area contributed by atoms with E-state index in [1.807, 2.05) is 30.5 Å². The number of hydrogen-bond acceptors (Lipinski definition) is 6. The maximum atomic E-state index is 12.5. The fourth-order valence-electron chi connectivity index (χ4n) is 3.22. The molecule has 6 nitrogen and oxygen atoms in total. The summed E-state index contributed by atoms with van der Waals surface area (Å²) in [7, 11) is 0. The summed E-state index contributed by atoms with van der Waals surface area (Å²) in [6, 6.07) is 12.9. The smallest absolute Gasteiger partial charge is 0.406 e. The second-order valence-corrected chi connectivity index (χ2v) is 7.51. The number of alkyl halides is 3. The zero-order chi connectivity index (χ0) is 21.3. The number of benzene rings is 2. The van der Waals surface area contributed by atoms with Gasteiger partial charge < -0.3 is 14.2 Å². The van der Waals surface area contributed by atoms with E-state index in [0.29, 0.717) is 18.0 Å². The van der Waals surface area contributed by atoms with Crippen LogP contribution in [-0.2, 0) is 4.79 Å². The average Bonchev–Trinajstić information content (AvgIpc) is 3.34. The van der Waals surface area contributed by atoms with Gasteiger partial charge >= 0.3 is 6.36 Å². The molecule has 0 spiro atoms. The van der Waals surface area contributed by atoms with E-state index >= 15 is 0 Å². The molecule has 1 aliphatic heterocycles. The molecule has 1 aromatic heterocycles. The number of nitrogens with zero attached hydrogens (tertiary/aromatic N) is 3. The van der Waals surface area contributed by atoms with E-state index in [4.69, 9.17) is 4.52 Å². The molecule has 1 aliphatic rings. The van der Waals surface area contributed by atoms with Gasteiger partial charge in [0, 0.05) is 29.1 Å². The number of halogens is 3. The van der Waals surface area contributed by atoms with Gasteiger partial charge in [-0.3, -0.25) is 4.79 Å². The summed E-state index contributed by atoms with van der Waals surface area (Å²) in [4.78, 5) is 19.6. The molecular weight excluding hydrogens is 419 g/mol. The summed E-state index contributed by atoms with van der Waals surface area (Å²) in [6.07, 6.45) is -2.55. The van der Waals surface area contributed by atoms with Gasteiger partial charge in [0.25, 0.3) is 0 Å². The van der Waals surface area contributed by atoms with Crippen LogP contribution in [0, 0.1) is 0 Å². The van der Waals surface area contributed by atoms with Crippen molar-refractivity contribution in [3.8, 4) is 17.1 Å². The first-order valence-corrected chi connectivity index (χ1v) is 10.2. The quantitative estimate of drug-likeness (QED) is 0.532. The molecule has 156 valence electrons. The summed E-state index contributed by atoms with van der Waals surface area (Å²) in [5.74, 6) is -0.0769. The van der Waals surface area contributed by atoms with Crippen molar-refractivity contribution in [1.82, 2.24) is 10.1 Å². The van der Waals surface area contributed by atoms with Crippen LogP contribution in [0.5, 0.6) is 5.75 Å². The molecule has 1 atom stereocenters. The van der Waals surface area contributed by atoms with Gasteiger partial charge in [0.1, 0.15) is 5.75 Å². The van der Waals surface area contributed by atoms with Crippen molar-refractivity contribution >= 4 is 23.4 Å². The standard InChI is InChI=1S/C20H16F3N3O3S/c1-30-16-4-2-3-14(10-16)26-11-13(9-17(26)27)19-24-18(25-29-19)12-5-7-15(8-6-12)28-20(21,22)23/h2-8,10,13H,9,11H2,1H3. The lowest BCUT2D eigenvalue weighted by atomic mass is 10.1. The highest BCUT2D eigenvalue weighted by Crippen LogP contribution is 2.33. The summed E-state index contributed by atoms with van der Waals surface area (Å²) in [5.41, 5.74) is 1.29. The van der Waals surface area contributed by atoms with Gasteiger partial charge in [-0.05, 0) is 48.7 Å². The third-order valence-electron chi connectivity index (χ3n) is 4.63. The average molecular weight is 435 g/mol. The van der Waals surface area contributed by atoms with E-state index in [0.717, 1.165) is 10.6 Å². The van der Waals surface area contributed by atoms with Gasteiger partial charge in [-0.2, -0.15) is 4.98 Å². The molecule has 0 aliphatic carbocycles. The van der Waals surface area contributed by atoms with E-state index in [-0.39, 0.29) is 29.8 Å². The Morgan fingerprint density at radius 1 is 1.20 bits per heavy atom. The Balaban J connectivity index is 1.48. The minimum Gasteiger partial charge on any atom is -0.406 e. The lowest BCUT2D eigenvalue weighted by Gasteiger charge is -2.16. The van der Waals surface area contributed by atoms with Crippen LogP contribution in [0.3, 0.4) is 0 Å². The molecule has 30 heavy (non-hydrogen) atoms. The highest BCUT2D eigenvalue weighted by Gasteiger charge is 2.35. The van der Waals surface area contributed by atoms with E-state index in [9.17, 15) is 18.0 Å². The number of carbonyl (C=O) groups excluding carboxylic acids is 1. The predicted octanol–water partition coefficient (Wildman–Crippen LogP) is 4.88.